The maximum absolute atomic E-state index is 11.2. The van der Waals surface area contributed by atoms with E-state index in [-0.39, 0.29) is 18.2 Å². The third kappa shape index (κ3) is 5.81. The second kappa shape index (κ2) is 6.45. The van der Waals surface area contributed by atoms with Crippen LogP contribution >= 0.6 is 0 Å². The van der Waals surface area contributed by atoms with Crippen molar-refractivity contribution in [2.24, 2.45) is 0 Å². The molecule has 0 bridgehead atoms. The van der Waals surface area contributed by atoms with Gasteiger partial charge in [-0.2, -0.15) is 0 Å². The number of carboxylic acid groups (broad SMARTS) is 1. The molecule has 20 heavy (non-hydrogen) atoms. The van der Waals surface area contributed by atoms with E-state index >= 15 is 0 Å². The van der Waals surface area contributed by atoms with E-state index in [4.69, 9.17) is 4.43 Å². The number of nitrogens with zero attached hydrogens (tertiary/aromatic N) is 1. The van der Waals surface area contributed by atoms with Crippen LogP contribution in [0, 0.1) is 0 Å². The highest BCUT2D eigenvalue weighted by atomic mass is 28.4. The van der Waals surface area contributed by atoms with Gasteiger partial charge in [0.1, 0.15) is 0 Å². The minimum Gasteiger partial charge on any atom is -0.465 e. The molecule has 0 heterocycles. The fraction of sp³-hybridized carbons (Fsp3) is 0.929. The maximum atomic E-state index is 11.2. The summed E-state index contributed by atoms with van der Waals surface area (Å²) in [5, 5.41) is 19.3. The Labute approximate surface area is 124 Å². The number of aliphatic hydroxyl groups is 1. The zero-order chi connectivity index (χ0) is 16.4. The lowest BCUT2D eigenvalue weighted by Crippen LogP contribution is -2.50. The van der Waals surface area contributed by atoms with Crippen molar-refractivity contribution >= 4 is 14.4 Å². The minimum atomic E-state index is -1.92. The molecule has 0 radical (unpaired) electrons. The van der Waals surface area contributed by atoms with Gasteiger partial charge in [-0.1, -0.05) is 20.8 Å². The molecular formula is C14H31NO4Si. The number of amides is 1. The van der Waals surface area contributed by atoms with Crippen LogP contribution in [0.2, 0.25) is 18.1 Å². The van der Waals surface area contributed by atoms with Gasteiger partial charge in [-0.15, -0.1) is 0 Å². The first-order valence-corrected chi connectivity index (χ1v) is 9.92. The van der Waals surface area contributed by atoms with Crippen LogP contribution in [0.4, 0.5) is 4.79 Å². The van der Waals surface area contributed by atoms with E-state index in [1.165, 1.54) is 4.90 Å². The molecule has 1 amide bonds. The summed E-state index contributed by atoms with van der Waals surface area (Å²) in [7, 11) is -1.92. The zero-order valence-electron chi connectivity index (χ0n) is 14.1. The van der Waals surface area contributed by atoms with Gasteiger partial charge in [0.05, 0.1) is 19.3 Å². The molecule has 1 atom stereocenters. The molecule has 120 valence electrons. The highest BCUT2D eigenvalue weighted by Crippen LogP contribution is 2.36. The van der Waals surface area contributed by atoms with Crippen LogP contribution in [0.25, 0.3) is 0 Å². The Hall–Kier alpha value is -0.593. The summed E-state index contributed by atoms with van der Waals surface area (Å²) in [6, 6.07) is 0. The van der Waals surface area contributed by atoms with Crippen molar-refractivity contribution in [1.29, 1.82) is 0 Å². The second-order valence-electron chi connectivity index (χ2n) is 7.79. The summed E-state index contributed by atoms with van der Waals surface area (Å²) in [6.45, 7) is 16.3. The molecule has 2 N–H and O–H groups in total. The minimum absolute atomic E-state index is 0.0630. The van der Waals surface area contributed by atoms with Crippen LogP contribution in [0.3, 0.4) is 0 Å². The molecule has 0 fully saturated rings. The van der Waals surface area contributed by atoms with Gasteiger partial charge in [0.2, 0.25) is 0 Å². The molecular weight excluding hydrogens is 274 g/mol. The van der Waals surface area contributed by atoms with Crippen molar-refractivity contribution in [2.75, 3.05) is 13.2 Å². The standard InChI is InChI=1S/C14H31NO4Si/c1-13(2,3)15(12(17)18)9-11(16)10-19-20(7,8)14(4,5)6/h11,16H,9-10H2,1-8H3,(H,17,18). The molecule has 0 aromatic heterocycles. The SMILES string of the molecule is CC(C)(C)N(CC(O)CO[Si](C)(C)C(C)(C)C)C(=O)O. The van der Waals surface area contributed by atoms with Crippen molar-refractivity contribution in [3.63, 3.8) is 0 Å². The van der Waals surface area contributed by atoms with Crippen LogP contribution in [-0.4, -0.2) is 54.3 Å². The van der Waals surface area contributed by atoms with Crippen molar-refractivity contribution in [2.45, 2.75) is 71.3 Å². The number of hydrogen-bond donors (Lipinski definition) is 2. The Balaban J connectivity index is 4.57. The number of hydrogen-bond acceptors (Lipinski definition) is 3. The molecule has 1 unspecified atom stereocenters. The van der Waals surface area contributed by atoms with E-state index in [0.29, 0.717) is 0 Å². The van der Waals surface area contributed by atoms with E-state index in [2.05, 4.69) is 33.9 Å². The molecule has 0 spiro atoms. The van der Waals surface area contributed by atoms with E-state index in [1.54, 1.807) is 0 Å². The fourth-order valence-electron chi connectivity index (χ4n) is 1.42. The number of β-amino-alcohol motifs (C(OH)–C–C–N with tert-alkyl or cyclic N) is 1. The van der Waals surface area contributed by atoms with Crippen molar-refractivity contribution < 1.29 is 19.4 Å². The van der Waals surface area contributed by atoms with Gasteiger partial charge in [0.15, 0.2) is 8.32 Å². The van der Waals surface area contributed by atoms with Crippen LogP contribution in [0.1, 0.15) is 41.5 Å². The van der Waals surface area contributed by atoms with Crippen molar-refractivity contribution in [3.05, 3.63) is 0 Å². The van der Waals surface area contributed by atoms with E-state index < -0.39 is 26.1 Å². The lowest BCUT2D eigenvalue weighted by atomic mass is 10.1. The van der Waals surface area contributed by atoms with Gasteiger partial charge in [-0.3, -0.25) is 0 Å². The van der Waals surface area contributed by atoms with Crippen LogP contribution < -0.4 is 0 Å². The topological polar surface area (TPSA) is 70.0 Å². The highest BCUT2D eigenvalue weighted by molar-refractivity contribution is 6.74. The first-order valence-electron chi connectivity index (χ1n) is 7.01. The summed E-state index contributed by atoms with van der Waals surface area (Å²) in [4.78, 5) is 12.5. The number of carbonyl (C=O) groups is 1. The monoisotopic (exact) mass is 305 g/mol. The van der Waals surface area contributed by atoms with Gasteiger partial charge in [-0.05, 0) is 38.9 Å². The van der Waals surface area contributed by atoms with Crippen molar-refractivity contribution in [1.82, 2.24) is 4.90 Å². The molecule has 0 rings (SSSR count). The van der Waals surface area contributed by atoms with Gasteiger partial charge in [-0.25, -0.2) is 4.79 Å². The summed E-state index contributed by atoms with van der Waals surface area (Å²) in [6.07, 6.45) is -1.83. The maximum Gasteiger partial charge on any atom is 0.407 e. The van der Waals surface area contributed by atoms with Crippen LogP contribution in [-0.2, 0) is 4.43 Å². The van der Waals surface area contributed by atoms with E-state index in [0.717, 1.165) is 0 Å². The molecule has 0 saturated carbocycles. The first-order chi connectivity index (χ1) is 8.68. The van der Waals surface area contributed by atoms with Crippen LogP contribution in [0.15, 0.2) is 0 Å². The average Bonchev–Trinajstić information content (AvgIpc) is 2.19. The first kappa shape index (κ1) is 19.4. The van der Waals surface area contributed by atoms with Gasteiger partial charge in [0.25, 0.3) is 0 Å². The smallest absolute Gasteiger partial charge is 0.407 e. The Bertz CT molecular complexity index is 331. The van der Waals surface area contributed by atoms with Gasteiger partial charge < -0.3 is 19.5 Å². The van der Waals surface area contributed by atoms with Crippen molar-refractivity contribution in [3.8, 4) is 0 Å². The van der Waals surface area contributed by atoms with E-state index in [1.807, 2.05) is 20.8 Å². The summed E-state index contributed by atoms with van der Waals surface area (Å²) < 4.78 is 5.92. The van der Waals surface area contributed by atoms with Gasteiger partial charge in [0, 0.05) is 5.54 Å². The Morgan fingerprint density at radius 2 is 1.65 bits per heavy atom. The average molecular weight is 305 g/mol. The third-order valence-electron chi connectivity index (χ3n) is 3.88. The molecule has 5 nitrogen and oxygen atoms in total. The predicted octanol–water partition coefficient (Wildman–Crippen LogP) is 3.15. The molecule has 6 heteroatoms. The molecule has 0 aliphatic rings. The normalized spacial score (nSPS) is 15.1. The Morgan fingerprint density at radius 1 is 1.20 bits per heavy atom. The predicted molar refractivity (Wildman–Crippen MR) is 83.6 cm³/mol. The molecule has 0 saturated heterocycles. The van der Waals surface area contributed by atoms with Gasteiger partial charge >= 0.3 is 6.09 Å². The molecule has 0 aromatic carbocycles. The summed E-state index contributed by atoms with van der Waals surface area (Å²) >= 11 is 0. The number of aliphatic hydroxyl groups excluding tert-OH is 1. The highest BCUT2D eigenvalue weighted by Gasteiger charge is 2.38. The number of rotatable bonds is 5. The quantitative estimate of drug-likeness (QED) is 0.766. The zero-order valence-corrected chi connectivity index (χ0v) is 15.1. The molecule has 0 aliphatic carbocycles. The second-order valence-corrected chi connectivity index (χ2v) is 12.6. The Morgan fingerprint density at radius 3 is 1.95 bits per heavy atom. The van der Waals surface area contributed by atoms with E-state index in [9.17, 15) is 15.0 Å². The largest absolute Gasteiger partial charge is 0.465 e. The summed E-state index contributed by atoms with van der Waals surface area (Å²) in [5.74, 6) is 0. The molecule has 0 aliphatic heterocycles. The Kier molecular flexibility index (Phi) is 6.26. The molecule has 0 aromatic rings. The lowest BCUT2D eigenvalue weighted by Gasteiger charge is -2.38. The third-order valence-corrected chi connectivity index (χ3v) is 8.38. The summed E-state index contributed by atoms with van der Waals surface area (Å²) in [5.41, 5.74) is -0.538. The fourth-order valence-corrected chi connectivity index (χ4v) is 2.47. The van der Waals surface area contributed by atoms with Crippen LogP contribution in [0.5, 0.6) is 0 Å². The lowest BCUT2D eigenvalue weighted by molar-refractivity contribution is 0.0326.